The number of benzene rings is 3. The van der Waals surface area contributed by atoms with Crippen LogP contribution in [-0.4, -0.2) is 32.9 Å². The molecule has 0 heterocycles. The molecule has 142 valence electrons. The van der Waals surface area contributed by atoms with Crippen LogP contribution < -0.4 is 0 Å². The standard InChI is InChI=1S/C20H14F2N2O4/c21-15-7-17(23-9-11-1-3-13(25)5-19(11)27)18(8-16(15)22)24-10-12-2-4-14(26)6-20(12)28/h1-10,25-28H. The maximum Gasteiger partial charge on any atom is 0.161 e. The Morgan fingerprint density at radius 2 is 1.00 bits per heavy atom. The fourth-order valence-electron chi connectivity index (χ4n) is 2.29. The Hall–Kier alpha value is -3.94. The van der Waals surface area contributed by atoms with E-state index in [0.29, 0.717) is 0 Å². The van der Waals surface area contributed by atoms with Crippen LogP contribution in [0.4, 0.5) is 20.2 Å². The molecule has 0 aliphatic heterocycles. The predicted molar refractivity (Wildman–Crippen MR) is 100 cm³/mol. The Morgan fingerprint density at radius 3 is 1.36 bits per heavy atom. The highest BCUT2D eigenvalue weighted by atomic mass is 19.2. The lowest BCUT2D eigenvalue weighted by molar-refractivity contribution is 0.449. The normalized spacial score (nSPS) is 11.5. The minimum atomic E-state index is -1.13. The molecule has 3 rings (SSSR count). The molecule has 0 unspecified atom stereocenters. The lowest BCUT2D eigenvalue weighted by Crippen LogP contribution is -1.87. The second-order valence-corrected chi connectivity index (χ2v) is 5.76. The summed E-state index contributed by atoms with van der Waals surface area (Å²) in [6.07, 6.45) is 2.41. The molecule has 0 radical (unpaired) electrons. The van der Waals surface area contributed by atoms with E-state index in [1.54, 1.807) is 0 Å². The van der Waals surface area contributed by atoms with Gasteiger partial charge in [-0.2, -0.15) is 0 Å². The molecule has 0 amide bonds. The van der Waals surface area contributed by atoms with Gasteiger partial charge in [-0.25, -0.2) is 8.78 Å². The van der Waals surface area contributed by atoms with Crippen LogP contribution in [0.25, 0.3) is 0 Å². The first-order valence-electron chi connectivity index (χ1n) is 7.94. The SMILES string of the molecule is Oc1ccc(C=Nc2cc(F)c(F)cc2N=Cc2ccc(O)cc2O)c(O)c1. The predicted octanol–water partition coefficient (Wildman–Crippen LogP) is 4.29. The summed E-state index contributed by atoms with van der Waals surface area (Å²) in [5, 5.41) is 38.2. The molecular formula is C20H14F2N2O4. The molecule has 0 saturated carbocycles. The minimum absolute atomic E-state index is 0.0270. The van der Waals surface area contributed by atoms with Gasteiger partial charge in [-0.05, 0) is 24.3 Å². The molecular weight excluding hydrogens is 370 g/mol. The number of hydrogen-bond acceptors (Lipinski definition) is 6. The van der Waals surface area contributed by atoms with Gasteiger partial charge in [0.15, 0.2) is 11.6 Å². The molecule has 8 heteroatoms. The van der Waals surface area contributed by atoms with E-state index >= 15 is 0 Å². The molecule has 0 atom stereocenters. The maximum absolute atomic E-state index is 13.6. The van der Waals surface area contributed by atoms with Crippen molar-refractivity contribution >= 4 is 23.8 Å². The highest BCUT2D eigenvalue weighted by Gasteiger charge is 2.09. The van der Waals surface area contributed by atoms with Gasteiger partial charge in [-0.15, -0.1) is 0 Å². The molecule has 6 nitrogen and oxygen atoms in total. The number of phenols is 4. The molecule has 0 spiro atoms. The summed E-state index contributed by atoms with van der Waals surface area (Å²) >= 11 is 0. The van der Waals surface area contributed by atoms with Crippen molar-refractivity contribution in [3.05, 3.63) is 71.3 Å². The first-order chi connectivity index (χ1) is 13.3. The minimum Gasteiger partial charge on any atom is -0.508 e. The van der Waals surface area contributed by atoms with Gasteiger partial charge >= 0.3 is 0 Å². The average molecular weight is 384 g/mol. The van der Waals surface area contributed by atoms with Gasteiger partial charge in [0.2, 0.25) is 0 Å². The second-order valence-electron chi connectivity index (χ2n) is 5.76. The van der Waals surface area contributed by atoms with E-state index in [1.807, 2.05) is 0 Å². The molecule has 4 N–H and O–H groups in total. The largest absolute Gasteiger partial charge is 0.508 e. The molecule has 3 aromatic carbocycles. The van der Waals surface area contributed by atoms with Crippen LogP contribution in [-0.2, 0) is 0 Å². The quantitative estimate of drug-likeness (QED) is 0.504. The van der Waals surface area contributed by atoms with Gasteiger partial charge in [0.05, 0.1) is 11.4 Å². The third kappa shape index (κ3) is 4.24. The third-order valence-electron chi connectivity index (χ3n) is 3.73. The van der Waals surface area contributed by atoms with E-state index in [9.17, 15) is 29.2 Å². The topological polar surface area (TPSA) is 106 Å². The molecule has 0 bridgehead atoms. The fourth-order valence-corrected chi connectivity index (χ4v) is 2.29. The molecule has 28 heavy (non-hydrogen) atoms. The van der Waals surface area contributed by atoms with Crippen molar-refractivity contribution < 1.29 is 29.2 Å². The Balaban J connectivity index is 1.98. The number of halogens is 2. The zero-order chi connectivity index (χ0) is 20.3. The van der Waals surface area contributed by atoms with Crippen LogP contribution in [0.1, 0.15) is 11.1 Å². The van der Waals surface area contributed by atoms with Crippen molar-refractivity contribution in [2.75, 3.05) is 0 Å². The maximum atomic E-state index is 13.6. The number of hydrogen-bond donors (Lipinski definition) is 4. The summed E-state index contributed by atoms with van der Waals surface area (Å²) in [6, 6.07) is 9.35. The van der Waals surface area contributed by atoms with Gasteiger partial charge in [0, 0.05) is 47.8 Å². The summed E-state index contributed by atoms with van der Waals surface area (Å²) in [7, 11) is 0. The molecule has 0 aromatic heterocycles. The van der Waals surface area contributed by atoms with Crippen LogP contribution in [0.2, 0.25) is 0 Å². The van der Waals surface area contributed by atoms with E-state index in [2.05, 4.69) is 9.98 Å². The van der Waals surface area contributed by atoms with Gasteiger partial charge < -0.3 is 20.4 Å². The Morgan fingerprint density at radius 1 is 0.607 bits per heavy atom. The average Bonchev–Trinajstić information content (AvgIpc) is 2.63. The Kier molecular flexibility index (Phi) is 5.21. The summed E-state index contributed by atoms with van der Waals surface area (Å²) in [4.78, 5) is 8.06. The van der Waals surface area contributed by atoms with Crippen molar-refractivity contribution in [3.63, 3.8) is 0 Å². The molecule has 3 aromatic rings. The molecule has 0 fully saturated rings. The zero-order valence-corrected chi connectivity index (χ0v) is 14.2. The number of rotatable bonds is 4. The van der Waals surface area contributed by atoms with E-state index < -0.39 is 11.6 Å². The summed E-state index contributed by atoms with van der Waals surface area (Å²) < 4.78 is 27.3. The first kappa shape index (κ1) is 18.8. The van der Waals surface area contributed by atoms with Crippen LogP contribution in [0, 0.1) is 11.6 Å². The van der Waals surface area contributed by atoms with E-state index in [0.717, 1.165) is 24.3 Å². The van der Waals surface area contributed by atoms with Crippen molar-refractivity contribution in [3.8, 4) is 23.0 Å². The molecule has 0 saturated heterocycles. The van der Waals surface area contributed by atoms with Crippen LogP contribution in [0.5, 0.6) is 23.0 Å². The van der Waals surface area contributed by atoms with Crippen LogP contribution >= 0.6 is 0 Å². The number of aliphatic imine (C=N–C) groups is 2. The van der Waals surface area contributed by atoms with Gasteiger partial charge in [-0.1, -0.05) is 0 Å². The van der Waals surface area contributed by atoms with Crippen LogP contribution in [0.15, 0.2) is 58.5 Å². The molecule has 0 aliphatic carbocycles. The number of nitrogens with zero attached hydrogens (tertiary/aromatic N) is 2. The summed E-state index contributed by atoms with van der Waals surface area (Å²) in [5.74, 6) is -3.03. The van der Waals surface area contributed by atoms with E-state index in [1.165, 1.54) is 36.7 Å². The smallest absolute Gasteiger partial charge is 0.161 e. The lowest BCUT2D eigenvalue weighted by Gasteiger charge is -2.04. The second kappa shape index (κ2) is 7.75. The Labute approximate surface area is 158 Å². The highest BCUT2D eigenvalue weighted by molar-refractivity contribution is 5.89. The van der Waals surface area contributed by atoms with E-state index in [4.69, 9.17) is 0 Å². The lowest BCUT2D eigenvalue weighted by atomic mass is 10.2. The zero-order valence-electron chi connectivity index (χ0n) is 14.2. The summed E-state index contributed by atoms with van der Waals surface area (Å²) in [6.45, 7) is 0. The van der Waals surface area contributed by atoms with E-state index in [-0.39, 0.29) is 45.5 Å². The number of phenolic OH excluding ortho intramolecular Hbond substituents is 4. The first-order valence-corrected chi connectivity index (χ1v) is 7.94. The van der Waals surface area contributed by atoms with Crippen molar-refractivity contribution in [1.29, 1.82) is 0 Å². The van der Waals surface area contributed by atoms with Crippen molar-refractivity contribution in [2.45, 2.75) is 0 Å². The number of aromatic hydroxyl groups is 4. The summed E-state index contributed by atoms with van der Waals surface area (Å²) in [5.41, 5.74) is 0.434. The van der Waals surface area contributed by atoms with Gasteiger partial charge in [-0.3, -0.25) is 9.98 Å². The van der Waals surface area contributed by atoms with Gasteiger partial charge in [0.25, 0.3) is 0 Å². The van der Waals surface area contributed by atoms with Crippen molar-refractivity contribution in [1.82, 2.24) is 0 Å². The Bertz CT molecular complexity index is 1010. The monoisotopic (exact) mass is 384 g/mol. The highest BCUT2D eigenvalue weighted by Crippen LogP contribution is 2.32. The van der Waals surface area contributed by atoms with Crippen molar-refractivity contribution in [2.24, 2.45) is 9.98 Å². The van der Waals surface area contributed by atoms with Gasteiger partial charge in [0.1, 0.15) is 23.0 Å². The molecule has 0 aliphatic rings. The third-order valence-corrected chi connectivity index (χ3v) is 3.73. The fraction of sp³-hybridized carbons (Fsp3) is 0. The van der Waals surface area contributed by atoms with Crippen LogP contribution in [0.3, 0.4) is 0 Å².